The Morgan fingerprint density at radius 3 is 2.80 bits per heavy atom. The molecule has 108 valence electrons. The molecule has 0 fully saturated rings. The first-order chi connectivity index (χ1) is 9.74. The number of ether oxygens (including phenoxy) is 3. The maximum atomic E-state index is 11.4. The standard InChI is InChI=1S/C15H19NO4/c1-3-11(15(17)18-2)6-7-16-12-4-5-13-14(10-12)20-9-8-19-13/h4-6,10,16H,3,7-9H2,1-2H3/b11-6-. The van der Waals surface area contributed by atoms with Gasteiger partial charge < -0.3 is 19.5 Å². The van der Waals surface area contributed by atoms with Crippen LogP contribution in [0.15, 0.2) is 29.8 Å². The molecule has 5 heteroatoms. The van der Waals surface area contributed by atoms with Crippen LogP contribution in [0.1, 0.15) is 13.3 Å². The molecule has 0 unspecified atom stereocenters. The van der Waals surface area contributed by atoms with Crippen LogP contribution in [0, 0.1) is 0 Å². The second kappa shape index (κ2) is 6.84. The third-order valence-corrected chi connectivity index (χ3v) is 3.03. The van der Waals surface area contributed by atoms with Crippen molar-refractivity contribution in [3.05, 3.63) is 29.8 Å². The predicted octanol–water partition coefficient (Wildman–Crippen LogP) is 2.38. The Kier molecular flexibility index (Phi) is 4.87. The minimum absolute atomic E-state index is 0.281. The topological polar surface area (TPSA) is 56.8 Å². The van der Waals surface area contributed by atoms with Crippen LogP contribution in [0.2, 0.25) is 0 Å². The van der Waals surface area contributed by atoms with E-state index >= 15 is 0 Å². The first-order valence-electron chi connectivity index (χ1n) is 6.65. The lowest BCUT2D eigenvalue weighted by Gasteiger charge is -2.19. The first kappa shape index (κ1) is 14.2. The average molecular weight is 277 g/mol. The molecule has 1 aromatic rings. The lowest BCUT2D eigenvalue weighted by atomic mass is 10.2. The third-order valence-electron chi connectivity index (χ3n) is 3.03. The maximum absolute atomic E-state index is 11.4. The van der Waals surface area contributed by atoms with Gasteiger partial charge in [0.1, 0.15) is 13.2 Å². The molecular weight excluding hydrogens is 258 g/mol. The highest BCUT2D eigenvalue weighted by Crippen LogP contribution is 2.32. The van der Waals surface area contributed by atoms with Crippen molar-refractivity contribution in [1.82, 2.24) is 0 Å². The zero-order valence-electron chi connectivity index (χ0n) is 11.8. The Balaban J connectivity index is 1.97. The number of esters is 1. The van der Waals surface area contributed by atoms with E-state index in [1.807, 2.05) is 31.2 Å². The van der Waals surface area contributed by atoms with Gasteiger partial charge in [-0.3, -0.25) is 0 Å². The second-order valence-corrected chi connectivity index (χ2v) is 4.31. The maximum Gasteiger partial charge on any atom is 0.333 e. The van der Waals surface area contributed by atoms with Gasteiger partial charge in [0.05, 0.1) is 7.11 Å². The van der Waals surface area contributed by atoms with E-state index in [2.05, 4.69) is 5.32 Å². The van der Waals surface area contributed by atoms with Gasteiger partial charge in [-0.2, -0.15) is 0 Å². The molecule has 1 N–H and O–H groups in total. The smallest absolute Gasteiger partial charge is 0.333 e. The fraction of sp³-hybridized carbons (Fsp3) is 0.400. The summed E-state index contributed by atoms with van der Waals surface area (Å²) in [5.41, 5.74) is 1.59. The largest absolute Gasteiger partial charge is 0.486 e. The summed E-state index contributed by atoms with van der Waals surface area (Å²) in [7, 11) is 1.39. The van der Waals surface area contributed by atoms with Crippen LogP contribution in [0.3, 0.4) is 0 Å². The van der Waals surface area contributed by atoms with Gasteiger partial charge >= 0.3 is 5.97 Å². The van der Waals surface area contributed by atoms with E-state index < -0.39 is 0 Å². The summed E-state index contributed by atoms with van der Waals surface area (Å²) in [5, 5.41) is 3.22. The predicted molar refractivity (Wildman–Crippen MR) is 76.3 cm³/mol. The highest BCUT2D eigenvalue weighted by Gasteiger charge is 2.11. The van der Waals surface area contributed by atoms with Crippen molar-refractivity contribution in [2.75, 3.05) is 32.2 Å². The fourth-order valence-electron chi connectivity index (χ4n) is 1.95. The molecule has 0 aromatic heterocycles. The molecule has 0 aliphatic carbocycles. The Labute approximate surface area is 118 Å². The zero-order chi connectivity index (χ0) is 14.4. The molecule has 5 nitrogen and oxygen atoms in total. The van der Waals surface area contributed by atoms with Gasteiger partial charge in [-0.1, -0.05) is 13.0 Å². The minimum atomic E-state index is -0.281. The summed E-state index contributed by atoms with van der Waals surface area (Å²) in [4.78, 5) is 11.4. The van der Waals surface area contributed by atoms with Gasteiger partial charge in [0.25, 0.3) is 0 Å². The Morgan fingerprint density at radius 2 is 2.10 bits per heavy atom. The number of carbonyl (C=O) groups excluding carboxylic acids is 1. The van der Waals surface area contributed by atoms with Gasteiger partial charge in [0.15, 0.2) is 11.5 Å². The first-order valence-corrected chi connectivity index (χ1v) is 6.65. The van der Waals surface area contributed by atoms with E-state index in [4.69, 9.17) is 14.2 Å². The highest BCUT2D eigenvalue weighted by atomic mass is 16.6. The number of benzene rings is 1. The lowest BCUT2D eigenvalue weighted by molar-refractivity contribution is -0.136. The van der Waals surface area contributed by atoms with Crippen LogP contribution in [0.25, 0.3) is 0 Å². The number of anilines is 1. The van der Waals surface area contributed by atoms with Gasteiger partial charge in [-0.15, -0.1) is 0 Å². The van der Waals surface area contributed by atoms with Crippen molar-refractivity contribution in [2.24, 2.45) is 0 Å². The molecule has 0 atom stereocenters. The Bertz CT molecular complexity index is 511. The molecule has 1 aliphatic heterocycles. The molecule has 0 amide bonds. The summed E-state index contributed by atoms with van der Waals surface area (Å²) >= 11 is 0. The van der Waals surface area contributed by atoms with Gasteiger partial charge in [-0.25, -0.2) is 4.79 Å². The van der Waals surface area contributed by atoms with E-state index in [1.54, 1.807) is 0 Å². The molecule has 1 aromatic carbocycles. The van der Waals surface area contributed by atoms with Gasteiger partial charge in [0, 0.05) is 23.9 Å². The quantitative estimate of drug-likeness (QED) is 0.661. The zero-order valence-corrected chi connectivity index (χ0v) is 11.8. The van der Waals surface area contributed by atoms with Gasteiger partial charge in [-0.05, 0) is 18.6 Å². The second-order valence-electron chi connectivity index (χ2n) is 4.31. The number of fused-ring (bicyclic) bond motifs is 1. The van der Waals surface area contributed by atoms with Crippen molar-refractivity contribution < 1.29 is 19.0 Å². The van der Waals surface area contributed by atoms with Crippen molar-refractivity contribution in [3.8, 4) is 11.5 Å². The van der Waals surface area contributed by atoms with Crippen LogP contribution in [0.4, 0.5) is 5.69 Å². The van der Waals surface area contributed by atoms with E-state index in [0.717, 1.165) is 17.2 Å². The SMILES string of the molecule is CC/C(=C/CNc1ccc2c(c1)OCCO2)C(=O)OC. The monoisotopic (exact) mass is 277 g/mol. The summed E-state index contributed by atoms with van der Waals surface area (Å²) in [5.74, 6) is 1.23. The van der Waals surface area contributed by atoms with Crippen LogP contribution in [0.5, 0.6) is 11.5 Å². The van der Waals surface area contributed by atoms with Crippen LogP contribution in [-0.2, 0) is 9.53 Å². The number of methoxy groups -OCH3 is 1. The number of rotatable bonds is 5. The van der Waals surface area contributed by atoms with Crippen LogP contribution in [-0.4, -0.2) is 32.8 Å². The van der Waals surface area contributed by atoms with Crippen molar-refractivity contribution in [1.29, 1.82) is 0 Å². The molecule has 20 heavy (non-hydrogen) atoms. The van der Waals surface area contributed by atoms with Crippen molar-refractivity contribution >= 4 is 11.7 Å². The van der Waals surface area contributed by atoms with Crippen molar-refractivity contribution in [2.45, 2.75) is 13.3 Å². The lowest BCUT2D eigenvalue weighted by Crippen LogP contribution is -2.15. The summed E-state index contributed by atoms with van der Waals surface area (Å²) in [6.07, 6.45) is 2.48. The average Bonchev–Trinajstić information content (AvgIpc) is 2.50. The molecule has 0 spiro atoms. The Hall–Kier alpha value is -2.17. The van der Waals surface area contributed by atoms with E-state index in [9.17, 15) is 4.79 Å². The minimum Gasteiger partial charge on any atom is -0.486 e. The molecule has 0 radical (unpaired) electrons. The van der Waals surface area contributed by atoms with Crippen LogP contribution >= 0.6 is 0 Å². The van der Waals surface area contributed by atoms with Crippen molar-refractivity contribution in [3.63, 3.8) is 0 Å². The summed E-state index contributed by atoms with van der Waals surface area (Å²) in [6, 6.07) is 5.69. The van der Waals surface area contributed by atoms with E-state index in [0.29, 0.717) is 31.8 Å². The van der Waals surface area contributed by atoms with E-state index in [-0.39, 0.29) is 5.97 Å². The molecule has 1 heterocycles. The third kappa shape index (κ3) is 3.44. The molecule has 1 aliphatic rings. The van der Waals surface area contributed by atoms with Gasteiger partial charge in [0.2, 0.25) is 0 Å². The van der Waals surface area contributed by atoms with E-state index in [1.165, 1.54) is 7.11 Å². The highest BCUT2D eigenvalue weighted by molar-refractivity contribution is 5.88. The molecule has 0 bridgehead atoms. The normalized spacial score (nSPS) is 13.8. The number of nitrogens with one attached hydrogen (secondary N) is 1. The number of carbonyl (C=O) groups is 1. The fourth-order valence-corrected chi connectivity index (χ4v) is 1.95. The molecule has 2 rings (SSSR count). The van der Waals surface area contributed by atoms with Crippen LogP contribution < -0.4 is 14.8 Å². The Morgan fingerprint density at radius 1 is 1.35 bits per heavy atom. The summed E-state index contributed by atoms with van der Waals surface area (Å²) < 4.78 is 15.7. The molecular formula is C15H19NO4. The molecule has 0 saturated heterocycles. The number of hydrogen-bond donors (Lipinski definition) is 1. The number of hydrogen-bond acceptors (Lipinski definition) is 5. The summed E-state index contributed by atoms with van der Waals surface area (Å²) in [6.45, 7) is 3.63. The molecule has 0 saturated carbocycles.